The van der Waals surface area contributed by atoms with E-state index in [9.17, 15) is 9.59 Å². The van der Waals surface area contributed by atoms with E-state index in [0.717, 1.165) is 31.5 Å². The molecule has 0 fully saturated rings. The Bertz CT molecular complexity index is 750. The Hall–Kier alpha value is -2.82. The van der Waals surface area contributed by atoms with Gasteiger partial charge in [0.1, 0.15) is 0 Å². The number of carbonyl (C=O) groups excluding carboxylic acids is 2. The fourth-order valence-corrected chi connectivity index (χ4v) is 2.93. The number of nitrogens with two attached hydrogens (primary N) is 1. The van der Waals surface area contributed by atoms with Crippen LogP contribution in [0, 0.1) is 0 Å². The van der Waals surface area contributed by atoms with Crippen LogP contribution in [0.1, 0.15) is 49.0 Å². The molecule has 0 bridgehead atoms. The second-order valence-corrected chi connectivity index (χ2v) is 6.66. The third kappa shape index (κ3) is 6.44. The predicted molar refractivity (Wildman–Crippen MR) is 111 cm³/mol. The lowest BCUT2D eigenvalue weighted by Gasteiger charge is -2.21. The summed E-state index contributed by atoms with van der Waals surface area (Å²) in [5, 5.41) is 2.89. The Balaban J connectivity index is 1.96. The lowest BCUT2D eigenvalue weighted by atomic mass is 10.1. The van der Waals surface area contributed by atoms with Crippen LogP contribution in [-0.2, 0) is 11.2 Å². The van der Waals surface area contributed by atoms with Crippen molar-refractivity contribution in [3.63, 3.8) is 0 Å². The minimum Gasteiger partial charge on any atom is -0.399 e. The lowest BCUT2D eigenvalue weighted by Crippen LogP contribution is -2.32. The fourth-order valence-electron chi connectivity index (χ4n) is 2.93. The first kappa shape index (κ1) is 20.5. The molecule has 0 aromatic heterocycles. The number of hydrogen-bond donors (Lipinski definition) is 2. The second kappa shape index (κ2) is 10.4. The van der Waals surface area contributed by atoms with Crippen LogP contribution in [0.15, 0.2) is 48.5 Å². The highest BCUT2D eigenvalue weighted by atomic mass is 16.2. The molecule has 2 rings (SSSR count). The molecular formula is C22H29N3O2. The molecule has 5 nitrogen and oxygen atoms in total. The first-order valence-corrected chi connectivity index (χ1v) is 9.57. The van der Waals surface area contributed by atoms with Crippen LogP contribution in [0.3, 0.4) is 0 Å². The van der Waals surface area contributed by atoms with Gasteiger partial charge in [0.05, 0.1) is 0 Å². The number of amides is 2. The minimum absolute atomic E-state index is 0.0108. The van der Waals surface area contributed by atoms with E-state index in [1.54, 1.807) is 18.2 Å². The zero-order valence-corrected chi connectivity index (χ0v) is 16.2. The maximum Gasteiger partial charge on any atom is 0.253 e. The average molecular weight is 367 g/mol. The van der Waals surface area contributed by atoms with Gasteiger partial charge in [-0.15, -0.1) is 0 Å². The van der Waals surface area contributed by atoms with Crippen molar-refractivity contribution in [1.29, 1.82) is 0 Å². The van der Waals surface area contributed by atoms with E-state index in [2.05, 4.69) is 19.2 Å². The first-order valence-electron chi connectivity index (χ1n) is 9.57. The number of benzene rings is 2. The summed E-state index contributed by atoms with van der Waals surface area (Å²) < 4.78 is 0. The number of nitrogen functional groups attached to an aromatic ring is 1. The SMILES string of the molecule is CCCN(CCC)C(=O)c1cccc(NC(=O)CCc2ccc(N)cc2)c1. The minimum atomic E-state index is -0.0737. The Labute approximate surface area is 161 Å². The van der Waals surface area contributed by atoms with E-state index in [-0.39, 0.29) is 11.8 Å². The van der Waals surface area contributed by atoms with E-state index in [4.69, 9.17) is 5.73 Å². The van der Waals surface area contributed by atoms with Crippen molar-refractivity contribution in [2.75, 3.05) is 24.1 Å². The Kier molecular flexibility index (Phi) is 7.86. The van der Waals surface area contributed by atoms with Crippen LogP contribution in [-0.4, -0.2) is 29.8 Å². The topological polar surface area (TPSA) is 75.4 Å². The highest BCUT2D eigenvalue weighted by molar-refractivity contribution is 5.97. The Morgan fingerprint density at radius 3 is 2.30 bits per heavy atom. The average Bonchev–Trinajstić information content (AvgIpc) is 2.67. The van der Waals surface area contributed by atoms with Gasteiger partial charge in [0, 0.05) is 36.4 Å². The van der Waals surface area contributed by atoms with Crippen LogP contribution in [0.25, 0.3) is 0 Å². The van der Waals surface area contributed by atoms with E-state index >= 15 is 0 Å². The fraction of sp³-hybridized carbons (Fsp3) is 0.364. The monoisotopic (exact) mass is 367 g/mol. The van der Waals surface area contributed by atoms with Crippen LogP contribution >= 0.6 is 0 Å². The molecule has 27 heavy (non-hydrogen) atoms. The molecule has 2 aromatic carbocycles. The van der Waals surface area contributed by atoms with Crippen molar-refractivity contribution in [1.82, 2.24) is 4.90 Å². The molecule has 0 aliphatic carbocycles. The number of anilines is 2. The van der Waals surface area contributed by atoms with E-state index in [0.29, 0.717) is 29.8 Å². The lowest BCUT2D eigenvalue weighted by molar-refractivity contribution is -0.116. The molecule has 5 heteroatoms. The van der Waals surface area contributed by atoms with Gasteiger partial charge < -0.3 is 16.0 Å². The molecule has 2 amide bonds. The molecule has 3 N–H and O–H groups in total. The Morgan fingerprint density at radius 2 is 1.67 bits per heavy atom. The quantitative estimate of drug-likeness (QED) is 0.655. The van der Waals surface area contributed by atoms with Gasteiger partial charge in [0.15, 0.2) is 0 Å². The first-order chi connectivity index (χ1) is 13.0. The summed E-state index contributed by atoms with van der Waals surface area (Å²) in [5.74, 6) is -0.0629. The van der Waals surface area contributed by atoms with Crippen molar-refractivity contribution in [3.8, 4) is 0 Å². The van der Waals surface area contributed by atoms with Crippen molar-refractivity contribution in [2.45, 2.75) is 39.5 Å². The number of aryl methyl sites for hydroxylation is 1. The van der Waals surface area contributed by atoms with Gasteiger partial charge in [-0.1, -0.05) is 32.0 Å². The normalized spacial score (nSPS) is 10.4. The van der Waals surface area contributed by atoms with E-state index in [1.165, 1.54) is 0 Å². The van der Waals surface area contributed by atoms with Gasteiger partial charge >= 0.3 is 0 Å². The molecule has 0 unspecified atom stereocenters. The summed E-state index contributed by atoms with van der Waals surface area (Å²) in [6, 6.07) is 14.7. The van der Waals surface area contributed by atoms with Crippen molar-refractivity contribution in [2.24, 2.45) is 0 Å². The van der Waals surface area contributed by atoms with Crippen molar-refractivity contribution >= 4 is 23.2 Å². The number of carbonyl (C=O) groups is 2. The molecular weight excluding hydrogens is 338 g/mol. The zero-order valence-electron chi connectivity index (χ0n) is 16.2. The number of hydrogen-bond acceptors (Lipinski definition) is 3. The van der Waals surface area contributed by atoms with Gasteiger partial charge in [-0.05, 0) is 55.2 Å². The molecule has 0 radical (unpaired) electrons. The number of nitrogens with zero attached hydrogens (tertiary/aromatic N) is 1. The standard InChI is InChI=1S/C22H29N3O2/c1-3-14-25(15-4-2)22(27)18-6-5-7-20(16-18)24-21(26)13-10-17-8-11-19(23)12-9-17/h5-9,11-12,16H,3-4,10,13-15,23H2,1-2H3,(H,24,26). The van der Waals surface area contributed by atoms with Crippen molar-refractivity contribution < 1.29 is 9.59 Å². The molecule has 0 heterocycles. The van der Waals surface area contributed by atoms with Crippen molar-refractivity contribution in [3.05, 3.63) is 59.7 Å². The maximum atomic E-state index is 12.7. The maximum absolute atomic E-state index is 12.7. The Morgan fingerprint density at radius 1 is 1.00 bits per heavy atom. The third-order valence-electron chi connectivity index (χ3n) is 4.29. The third-order valence-corrected chi connectivity index (χ3v) is 4.29. The van der Waals surface area contributed by atoms with Gasteiger partial charge in [-0.25, -0.2) is 0 Å². The van der Waals surface area contributed by atoms with Crippen LogP contribution in [0.4, 0.5) is 11.4 Å². The van der Waals surface area contributed by atoms with Crippen LogP contribution in [0.5, 0.6) is 0 Å². The summed E-state index contributed by atoms with van der Waals surface area (Å²) >= 11 is 0. The predicted octanol–water partition coefficient (Wildman–Crippen LogP) is 4.10. The summed E-state index contributed by atoms with van der Waals surface area (Å²) in [7, 11) is 0. The van der Waals surface area contributed by atoms with E-state index in [1.807, 2.05) is 35.2 Å². The van der Waals surface area contributed by atoms with Gasteiger partial charge in [0.2, 0.25) is 5.91 Å². The molecule has 0 saturated carbocycles. The molecule has 0 aliphatic heterocycles. The molecule has 0 atom stereocenters. The molecule has 0 spiro atoms. The summed E-state index contributed by atoms with van der Waals surface area (Å²) in [5.41, 5.74) is 8.71. The smallest absolute Gasteiger partial charge is 0.253 e. The van der Waals surface area contributed by atoms with Crippen LogP contribution < -0.4 is 11.1 Å². The van der Waals surface area contributed by atoms with E-state index < -0.39 is 0 Å². The largest absolute Gasteiger partial charge is 0.399 e. The molecule has 0 saturated heterocycles. The number of nitrogens with one attached hydrogen (secondary N) is 1. The zero-order chi connectivity index (χ0) is 19.6. The van der Waals surface area contributed by atoms with Gasteiger partial charge in [-0.2, -0.15) is 0 Å². The van der Waals surface area contributed by atoms with Gasteiger partial charge in [-0.3, -0.25) is 9.59 Å². The summed E-state index contributed by atoms with van der Waals surface area (Å²) in [4.78, 5) is 26.8. The van der Waals surface area contributed by atoms with Gasteiger partial charge in [0.25, 0.3) is 5.91 Å². The highest BCUT2D eigenvalue weighted by Crippen LogP contribution is 2.15. The molecule has 0 aliphatic rings. The second-order valence-electron chi connectivity index (χ2n) is 6.66. The number of rotatable bonds is 9. The summed E-state index contributed by atoms with van der Waals surface area (Å²) in [6.45, 7) is 5.61. The molecule has 2 aromatic rings. The molecule has 144 valence electrons. The summed E-state index contributed by atoms with van der Waals surface area (Å²) in [6.07, 6.45) is 2.87. The highest BCUT2D eigenvalue weighted by Gasteiger charge is 2.15. The van der Waals surface area contributed by atoms with Crippen LogP contribution in [0.2, 0.25) is 0 Å².